The summed E-state index contributed by atoms with van der Waals surface area (Å²) < 4.78 is 20.8. The number of halogens is 1. The molecule has 3 heterocycles. The average molecular weight is 456 g/mol. The normalized spacial score (nSPS) is 18.8. The number of likely N-dealkylation sites (tertiary alicyclic amines) is 1. The Hall–Kier alpha value is -3.50. The lowest BCUT2D eigenvalue weighted by Crippen LogP contribution is -2.72. The summed E-state index contributed by atoms with van der Waals surface area (Å²) in [4.78, 5) is 13.4. The molecule has 2 aromatic carbocycles. The van der Waals surface area contributed by atoms with Gasteiger partial charge in [-0.1, -0.05) is 13.0 Å². The molecule has 0 radical (unpaired) electrons. The first kappa shape index (κ1) is 21.1. The molecular weight excluding hydrogens is 429 g/mol. The Morgan fingerprint density at radius 2 is 1.91 bits per heavy atom. The second-order valence-corrected chi connectivity index (χ2v) is 9.80. The SMILES string of the molecule is CCN1CC2(C1)CN(c1ncncc1Oc1ccc(F)cc1-c1ccc(C#N)cc1C1CC1)C2. The largest absolute Gasteiger partial charge is 0.451 e. The molecule has 0 atom stereocenters. The summed E-state index contributed by atoms with van der Waals surface area (Å²) in [5.74, 6) is 1.97. The molecule has 6 nitrogen and oxygen atoms in total. The first-order valence-electron chi connectivity index (χ1n) is 11.9. The van der Waals surface area contributed by atoms with Crippen LogP contribution in [0.25, 0.3) is 11.1 Å². The second-order valence-electron chi connectivity index (χ2n) is 9.80. The van der Waals surface area contributed by atoms with E-state index in [1.54, 1.807) is 24.7 Å². The van der Waals surface area contributed by atoms with Crippen molar-refractivity contribution in [2.45, 2.75) is 25.7 Å². The summed E-state index contributed by atoms with van der Waals surface area (Å²) in [6.07, 6.45) is 5.39. The number of ether oxygens (including phenoxy) is 1. The minimum atomic E-state index is -0.326. The molecule has 0 amide bonds. The third-order valence-electron chi connectivity index (χ3n) is 7.23. The van der Waals surface area contributed by atoms with Crippen LogP contribution in [0.1, 0.15) is 36.8 Å². The van der Waals surface area contributed by atoms with E-state index in [1.807, 2.05) is 12.1 Å². The highest BCUT2D eigenvalue weighted by Crippen LogP contribution is 2.48. The lowest BCUT2D eigenvalue weighted by molar-refractivity contribution is -0.0183. The van der Waals surface area contributed by atoms with E-state index in [0.717, 1.165) is 62.5 Å². The number of hydrogen-bond acceptors (Lipinski definition) is 6. The zero-order chi connectivity index (χ0) is 23.3. The fourth-order valence-electron chi connectivity index (χ4n) is 5.39. The summed E-state index contributed by atoms with van der Waals surface area (Å²) in [5.41, 5.74) is 3.65. The molecular formula is C27H26FN5O. The number of anilines is 1. The van der Waals surface area contributed by atoms with Gasteiger partial charge in [0.25, 0.3) is 0 Å². The lowest BCUT2D eigenvalue weighted by Gasteiger charge is -2.60. The molecule has 3 aliphatic rings. The van der Waals surface area contributed by atoms with Gasteiger partial charge in [0.1, 0.15) is 17.9 Å². The lowest BCUT2D eigenvalue weighted by atomic mass is 9.73. The molecule has 1 aliphatic carbocycles. The van der Waals surface area contributed by atoms with Gasteiger partial charge in [0.15, 0.2) is 11.6 Å². The molecule has 2 saturated heterocycles. The zero-order valence-corrected chi connectivity index (χ0v) is 19.2. The fourth-order valence-corrected chi connectivity index (χ4v) is 5.39. The standard InChI is InChI=1S/C27H26FN5O/c1-2-32-13-27(14-32)15-33(16-27)26-25(12-30-17-31-26)34-24-8-6-20(28)10-23(24)21-7-3-18(11-29)9-22(21)19-4-5-19/h3,6-10,12,17,19H,2,4-5,13-16H2,1H3. The van der Waals surface area contributed by atoms with Gasteiger partial charge in [0.05, 0.1) is 17.8 Å². The van der Waals surface area contributed by atoms with Gasteiger partial charge in [-0.05, 0) is 66.8 Å². The van der Waals surface area contributed by atoms with Gasteiger partial charge in [0, 0.05) is 37.2 Å². The van der Waals surface area contributed by atoms with E-state index in [0.29, 0.717) is 34.0 Å². The van der Waals surface area contributed by atoms with Gasteiger partial charge in [-0.15, -0.1) is 0 Å². The van der Waals surface area contributed by atoms with Crippen molar-refractivity contribution in [3.63, 3.8) is 0 Å². The molecule has 1 spiro atoms. The van der Waals surface area contributed by atoms with Crippen LogP contribution in [0.3, 0.4) is 0 Å². The predicted molar refractivity (Wildman–Crippen MR) is 127 cm³/mol. The van der Waals surface area contributed by atoms with Crippen LogP contribution in [0.5, 0.6) is 11.5 Å². The maximum absolute atomic E-state index is 14.4. The summed E-state index contributed by atoms with van der Waals surface area (Å²) >= 11 is 0. The van der Waals surface area contributed by atoms with Crippen LogP contribution in [-0.4, -0.2) is 47.6 Å². The van der Waals surface area contributed by atoms with Gasteiger partial charge in [0.2, 0.25) is 0 Å². The van der Waals surface area contributed by atoms with Crippen molar-refractivity contribution in [1.82, 2.24) is 14.9 Å². The van der Waals surface area contributed by atoms with Crippen molar-refractivity contribution in [2.75, 3.05) is 37.6 Å². The Morgan fingerprint density at radius 1 is 1.09 bits per heavy atom. The number of nitrogens with zero attached hydrogens (tertiary/aromatic N) is 5. The molecule has 0 bridgehead atoms. The Balaban J connectivity index is 1.32. The smallest absolute Gasteiger partial charge is 0.188 e. The van der Waals surface area contributed by atoms with Gasteiger partial charge >= 0.3 is 0 Å². The highest BCUT2D eigenvalue weighted by atomic mass is 19.1. The van der Waals surface area contributed by atoms with Crippen LogP contribution in [0.4, 0.5) is 10.2 Å². The molecule has 172 valence electrons. The zero-order valence-electron chi connectivity index (χ0n) is 19.2. The van der Waals surface area contributed by atoms with Gasteiger partial charge in [-0.2, -0.15) is 5.26 Å². The number of rotatable bonds is 6. The second kappa shape index (κ2) is 8.07. The van der Waals surface area contributed by atoms with Crippen LogP contribution in [0.15, 0.2) is 48.9 Å². The fraction of sp³-hybridized carbons (Fsp3) is 0.370. The van der Waals surface area contributed by atoms with Crippen LogP contribution >= 0.6 is 0 Å². The van der Waals surface area contributed by atoms with E-state index in [-0.39, 0.29) is 5.82 Å². The summed E-state index contributed by atoms with van der Waals surface area (Å²) in [6.45, 7) is 7.46. The third-order valence-corrected chi connectivity index (χ3v) is 7.23. The maximum atomic E-state index is 14.4. The maximum Gasteiger partial charge on any atom is 0.188 e. The Labute approximate surface area is 198 Å². The molecule has 3 aromatic rings. The first-order chi connectivity index (χ1) is 16.6. The molecule has 0 unspecified atom stereocenters. The van der Waals surface area contributed by atoms with E-state index >= 15 is 0 Å². The molecule has 34 heavy (non-hydrogen) atoms. The highest BCUT2D eigenvalue weighted by Gasteiger charge is 2.52. The van der Waals surface area contributed by atoms with Crippen molar-refractivity contribution < 1.29 is 9.13 Å². The van der Waals surface area contributed by atoms with Crippen LogP contribution in [0, 0.1) is 22.6 Å². The average Bonchev–Trinajstić information content (AvgIpc) is 3.65. The molecule has 6 rings (SSSR count). The highest BCUT2D eigenvalue weighted by molar-refractivity contribution is 5.76. The summed E-state index contributed by atoms with van der Waals surface area (Å²) in [5, 5.41) is 9.36. The molecule has 1 saturated carbocycles. The number of aromatic nitrogens is 2. The summed E-state index contributed by atoms with van der Waals surface area (Å²) in [6, 6.07) is 12.4. The predicted octanol–water partition coefficient (Wildman–Crippen LogP) is 4.97. The first-order valence-corrected chi connectivity index (χ1v) is 11.9. The topological polar surface area (TPSA) is 65.3 Å². The van der Waals surface area contributed by atoms with Crippen molar-refractivity contribution in [3.8, 4) is 28.7 Å². The number of benzene rings is 2. The monoisotopic (exact) mass is 455 g/mol. The van der Waals surface area contributed by atoms with Crippen LogP contribution < -0.4 is 9.64 Å². The molecule has 0 N–H and O–H groups in total. The van der Waals surface area contributed by atoms with E-state index in [9.17, 15) is 9.65 Å². The van der Waals surface area contributed by atoms with Crippen molar-refractivity contribution >= 4 is 5.82 Å². The molecule has 7 heteroatoms. The van der Waals surface area contributed by atoms with Gasteiger partial charge in [-0.3, -0.25) is 0 Å². The Kier molecular flexibility index (Phi) is 5.00. The van der Waals surface area contributed by atoms with Gasteiger partial charge < -0.3 is 14.5 Å². The molecule has 3 fully saturated rings. The number of nitriles is 1. The van der Waals surface area contributed by atoms with E-state index in [4.69, 9.17) is 4.74 Å². The van der Waals surface area contributed by atoms with E-state index in [1.165, 1.54) is 12.1 Å². The molecule has 1 aromatic heterocycles. The minimum Gasteiger partial charge on any atom is -0.451 e. The Morgan fingerprint density at radius 3 is 2.65 bits per heavy atom. The summed E-state index contributed by atoms with van der Waals surface area (Å²) in [7, 11) is 0. The minimum absolute atomic E-state index is 0.326. The van der Waals surface area contributed by atoms with Gasteiger partial charge in [-0.25, -0.2) is 14.4 Å². The van der Waals surface area contributed by atoms with Crippen molar-refractivity contribution in [1.29, 1.82) is 5.26 Å². The Bertz CT molecular complexity index is 1280. The van der Waals surface area contributed by atoms with Crippen molar-refractivity contribution in [3.05, 3.63) is 65.9 Å². The van der Waals surface area contributed by atoms with Crippen LogP contribution in [-0.2, 0) is 0 Å². The number of hydrogen-bond donors (Lipinski definition) is 0. The van der Waals surface area contributed by atoms with E-state index < -0.39 is 0 Å². The quantitative estimate of drug-likeness (QED) is 0.523. The molecule has 2 aliphatic heterocycles. The van der Waals surface area contributed by atoms with E-state index in [2.05, 4.69) is 32.8 Å². The van der Waals surface area contributed by atoms with Crippen LogP contribution in [0.2, 0.25) is 0 Å². The third kappa shape index (κ3) is 3.68. The van der Waals surface area contributed by atoms with Crippen molar-refractivity contribution in [2.24, 2.45) is 5.41 Å².